The highest BCUT2D eigenvalue weighted by Gasteiger charge is 2.26. The van der Waals surface area contributed by atoms with Gasteiger partial charge in [-0.15, -0.1) is 0 Å². The van der Waals surface area contributed by atoms with Gasteiger partial charge in [-0.05, 0) is 6.42 Å². The molecule has 11 nitrogen and oxygen atoms in total. The van der Waals surface area contributed by atoms with Gasteiger partial charge in [-0.3, -0.25) is 25.0 Å². The van der Waals surface area contributed by atoms with Crippen LogP contribution in [0.3, 0.4) is 0 Å². The largest absolute Gasteiger partial charge is 0.502 e. The lowest BCUT2D eigenvalue weighted by Crippen LogP contribution is -2.25. The minimum atomic E-state index is -0.988. The SMILES string of the molecule is O=C(NCCCn1ccnc1)c1cc([N+](=O)[O-])cc([N+](=O)[O-])c1O. The molecule has 126 valence electrons. The maximum atomic E-state index is 12.0. The summed E-state index contributed by atoms with van der Waals surface area (Å²) in [5, 5.41) is 33.9. The van der Waals surface area contributed by atoms with Gasteiger partial charge < -0.3 is 15.0 Å². The second kappa shape index (κ2) is 7.17. The number of nitro benzene ring substituents is 2. The normalized spacial score (nSPS) is 10.3. The lowest BCUT2D eigenvalue weighted by molar-refractivity contribution is -0.394. The van der Waals surface area contributed by atoms with E-state index in [1.165, 1.54) is 0 Å². The number of imidazole rings is 1. The molecule has 0 bridgehead atoms. The number of amides is 1. The summed E-state index contributed by atoms with van der Waals surface area (Å²) in [6, 6.07) is 1.40. The number of phenolic OH excluding ortho intramolecular Hbond substituents is 1. The van der Waals surface area contributed by atoms with E-state index in [0.717, 1.165) is 6.07 Å². The van der Waals surface area contributed by atoms with Gasteiger partial charge in [0.1, 0.15) is 0 Å². The molecule has 0 atom stereocenters. The number of rotatable bonds is 7. The molecule has 1 heterocycles. The topological polar surface area (TPSA) is 153 Å². The van der Waals surface area contributed by atoms with Crippen molar-refractivity contribution < 1.29 is 19.7 Å². The third-order valence-electron chi connectivity index (χ3n) is 3.16. The van der Waals surface area contributed by atoms with Crippen molar-refractivity contribution in [1.29, 1.82) is 0 Å². The average molecular weight is 335 g/mol. The van der Waals surface area contributed by atoms with Gasteiger partial charge in [0.25, 0.3) is 11.6 Å². The van der Waals surface area contributed by atoms with Crippen LogP contribution in [0.15, 0.2) is 30.9 Å². The van der Waals surface area contributed by atoms with Gasteiger partial charge in [0.05, 0.1) is 27.8 Å². The highest BCUT2D eigenvalue weighted by molar-refractivity contribution is 5.98. The van der Waals surface area contributed by atoms with Crippen LogP contribution in [0.25, 0.3) is 0 Å². The van der Waals surface area contributed by atoms with Gasteiger partial charge in [-0.25, -0.2) is 4.98 Å². The monoisotopic (exact) mass is 335 g/mol. The zero-order valence-electron chi connectivity index (χ0n) is 12.3. The first-order chi connectivity index (χ1) is 11.4. The lowest BCUT2D eigenvalue weighted by atomic mass is 10.1. The molecule has 0 radical (unpaired) electrons. The van der Waals surface area contributed by atoms with Crippen molar-refractivity contribution in [2.24, 2.45) is 0 Å². The smallest absolute Gasteiger partial charge is 0.318 e. The second-order valence-electron chi connectivity index (χ2n) is 4.79. The Hall–Kier alpha value is -3.50. The number of nitro groups is 2. The van der Waals surface area contributed by atoms with Crippen molar-refractivity contribution in [3.05, 3.63) is 56.6 Å². The highest BCUT2D eigenvalue weighted by atomic mass is 16.6. The molecule has 0 aliphatic carbocycles. The summed E-state index contributed by atoms with van der Waals surface area (Å²) in [6.45, 7) is 0.800. The minimum Gasteiger partial charge on any atom is -0.502 e. The van der Waals surface area contributed by atoms with Crippen LogP contribution in [0.2, 0.25) is 0 Å². The molecule has 1 aromatic carbocycles. The minimum absolute atomic E-state index is 0.215. The summed E-state index contributed by atoms with van der Waals surface area (Å²) in [5.74, 6) is -1.73. The van der Waals surface area contributed by atoms with Crippen molar-refractivity contribution in [1.82, 2.24) is 14.9 Å². The van der Waals surface area contributed by atoms with E-state index in [1.807, 2.05) is 0 Å². The molecule has 1 aromatic heterocycles. The zero-order chi connectivity index (χ0) is 17.7. The lowest BCUT2D eigenvalue weighted by Gasteiger charge is -2.07. The van der Waals surface area contributed by atoms with Crippen LogP contribution in [0.1, 0.15) is 16.8 Å². The van der Waals surface area contributed by atoms with Gasteiger partial charge >= 0.3 is 5.69 Å². The van der Waals surface area contributed by atoms with E-state index in [0.29, 0.717) is 19.0 Å². The molecule has 24 heavy (non-hydrogen) atoms. The van der Waals surface area contributed by atoms with E-state index in [9.17, 15) is 30.1 Å². The standard InChI is InChI=1S/C13H13N5O6/c19-12-10(6-9(17(21)22)7-11(12)18(23)24)13(20)15-2-1-4-16-5-3-14-8-16/h3,5-8,19H,1-2,4H2,(H,15,20). The molecule has 0 fully saturated rings. The van der Waals surface area contributed by atoms with Crippen LogP contribution in [0.5, 0.6) is 5.75 Å². The number of carbonyl (C=O) groups is 1. The van der Waals surface area contributed by atoms with E-state index in [2.05, 4.69) is 10.3 Å². The van der Waals surface area contributed by atoms with E-state index in [1.54, 1.807) is 23.3 Å². The summed E-state index contributed by atoms with van der Waals surface area (Å²) in [7, 11) is 0. The van der Waals surface area contributed by atoms with Crippen molar-refractivity contribution in [3.8, 4) is 5.75 Å². The number of nitrogens with one attached hydrogen (secondary N) is 1. The number of aryl methyl sites for hydroxylation is 1. The number of non-ortho nitro benzene ring substituents is 1. The predicted molar refractivity (Wildman–Crippen MR) is 80.6 cm³/mol. The fourth-order valence-corrected chi connectivity index (χ4v) is 2.00. The van der Waals surface area contributed by atoms with Gasteiger partial charge in [-0.1, -0.05) is 0 Å². The van der Waals surface area contributed by atoms with Gasteiger partial charge in [-0.2, -0.15) is 0 Å². The molecule has 1 amide bonds. The number of nitrogens with zero attached hydrogens (tertiary/aromatic N) is 4. The number of hydrogen-bond donors (Lipinski definition) is 2. The third kappa shape index (κ3) is 3.82. The number of benzene rings is 1. The van der Waals surface area contributed by atoms with Crippen LogP contribution in [0, 0.1) is 20.2 Å². The molecule has 0 unspecified atom stereocenters. The van der Waals surface area contributed by atoms with E-state index in [4.69, 9.17) is 0 Å². The Balaban J connectivity index is 2.09. The first kappa shape index (κ1) is 16.9. The quantitative estimate of drug-likeness (QED) is 0.438. The molecule has 0 aliphatic heterocycles. The molecule has 0 saturated carbocycles. The van der Waals surface area contributed by atoms with Crippen molar-refractivity contribution in [2.45, 2.75) is 13.0 Å². The molecule has 2 rings (SSSR count). The van der Waals surface area contributed by atoms with E-state index in [-0.39, 0.29) is 6.54 Å². The Morgan fingerprint density at radius 3 is 2.62 bits per heavy atom. The predicted octanol–water partition coefficient (Wildman–Crippen LogP) is 1.23. The zero-order valence-corrected chi connectivity index (χ0v) is 12.3. The third-order valence-corrected chi connectivity index (χ3v) is 3.16. The summed E-state index contributed by atoms with van der Waals surface area (Å²) in [6.07, 6.45) is 5.51. The first-order valence-electron chi connectivity index (χ1n) is 6.80. The number of aromatic nitrogens is 2. The van der Waals surface area contributed by atoms with Crippen LogP contribution < -0.4 is 5.32 Å². The van der Waals surface area contributed by atoms with Crippen molar-refractivity contribution >= 4 is 17.3 Å². The Morgan fingerprint density at radius 2 is 2.04 bits per heavy atom. The molecule has 0 saturated heterocycles. The van der Waals surface area contributed by atoms with Gasteiger partial charge in [0.15, 0.2) is 0 Å². The number of phenols is 1. The number of aromatic hydroxyl groups is 1. The van der Waals surface area contributed by atoms with Crippen molar-refractivity contribution in [3.63, 3.8) is 0 Å². The summed E-state index contributed by atoms with van der Waals surface area (Å²) >= 11 is 0. The fraction of sp³-hybridized carbons (Fsp3) is 0.231. The van der Waals surface area contributed by atoms with Crippen LogP contribution in [0.4, 0.5) is 11.4 Å². The fourth-order valence-electron chi connectivity index (χ4n) is 2.00. The maximum absolute atomic E-state index is 12.0. The highest BCUT2D eigenvalue weighted by Crippen LogP contribution is 2.34. The Morgan fingerprint density at radius 1 is 1.29 bits per heavy atom. The summed E-state index contributed by atoms with van der Waals surface area (Å²) in [5.41, 5.74) is -2.06. The summed E-state index contributed by atoms with van der Waals surface area (Å²) in [4.78, 5) is 35.7. The molecular formula is C13H13N5O6. The van der Waals surface area contributed by atoms with Gasteiger partial charge in [0, 0.05) is 31.5 Å². The molecular weight excluding hydrogens is 322 g/mol. The molecule has 11 heteroatoms. The number of carbonyl (C=O) groups excluding carboxylic acids is 1. The number of hydrogen-bond acceptors (Lipinski definition) is 7. The second-order valence-corrected chi connectivity index (χ2v) is 4.79. The Kier molecular flexibility index (Phi) is 5.04. The Labute approximate surface area is 134 Å². The average Bonchev–Trinajstić information content (AvgIpc) is 3.04. The Bertz CT molecular complexity index is 773. The van der Waals surface area contributed by atoms with Gasteiger partial charge in [0.2, 0.25) is 5.75 Å². The van der Waals surface area contributed by atoms with Crippen LogP contribution >= 0.6 is 0 Å². The first-order valence-corrected chi connectivity index (χ1v) is 6.80. The van der Waals surface area contributed by atoms with E-state index >= 15 is 0 Å². The molecule has 0 aliphatic rings. The molecule has 2 N–H and O–H groups in total. The molecule has 0 spiro atoms. The summed E-state index contributed by atoms with van der Waals surface area (Å²) < 4.78 is 1.79. The van der Waals surface area contributed by atoms with Crippen LogP contribution in [-0.2, 0) is 6.54 Å². The molecule has 2 aromatic rings. The van der Waals surface area contributed by atoms with E-state index < -0.39 is 38.4 Å². The maximum Gasteiger partial charge on any atom is 0.318 e. The van der Waals surface area contributed by atoms with Crippen LogP contribution in [-0.4, -0.2) is 37.0 Å². The van der Waals surface area contributed by atoms with Crippen molar-refractivity contribution in [2.75, 3.05) is 6.54 Å².